The first-order valence-electron chi connectivity index (χ1n) is 6.03. The van der Waals surface area contributed by atoms with Gasteiger partial charge in [-0.2, -0.15) is 0 Å². The van der Waals surface area contributed by atoms with E-state index in [2.05, 4.69) is 52.2 Å². The van der Waals surface area contributed by atoms with Crippen LogP contribution < -0.4 is 5.73 Å². The van der Waals surface area contributed by atoms with Gasteiger partial charge in [-0.1, -0.05) is 34.1 Å². The summed E-state index contributed by atoms with van der Waals surface area (Å²) in [6, 6.07) is 6.01. The minimum Gasteiger partial charge on any atom is -0.319 e. The van der Waals surface area contributed by atoms with Gasteiger partial charge in [-0.05, 0) is 36.6 Å². The predicted octanol–water partition coefficient (Wildman–Crippen LogP) is 2.81. The van der Waals surface area contributed by atoms with Crippen molar-refractivity contribution >= 4 is 15.9 Å². The Balaban J connectivity index is 2.34. The number of halogens is 1. The monoisotopic (exact) mass is 308 g/mol. The number of hydrogen-bond donors (Lipinski definition) is 1. The maximum Gasteiger partial charge on any atom is 0.0799 e. The molecule has 96 valence electrons. The molecule has 1 atom stereocenters. The van der Waals surface area contributed by atoms with Crippen LogP contribution in [0.3, 0.4) is 0 Å². The van der Waals surface area contributed by atoms with Crippen molar-refractivity contribution in [1.29, 1.82) is 0 Å². The van der Waals surface area contributed by atoms with Gasteiger partial charge in [0.25, 0.3) is 0 Å². The number of nitrogens with two attached hydrogens (primary N) is 1. The first-order chi connectivity index (χ1) is 8.61. The van der Waals surface area contributed by atoms with Crippen molar-refractivity contribution in [2.45, 2.75) is 32.9 Å². The van der Waals surface area contributed by atoms with Crippen LogP contribution in [0.2, 0.25) is 0 Å². The molecule has 0 aliphatic rings. The zero-order valence-corrected chi connectivity index (χ0v) is 12.2. The van der Waals surface area contributed by atoms with Crippen molar-refractivity contribution in [1.82, 2.24) is 15.0 Å². The van der Waals surface area contributed by atoms with E-state index in [1.165, 1.54) is 5.56 Å². The molecular formula is C13H17BrN4. The quantitative estimate of drug-likeness (QED) is 0.945. The summed E-state index contributed by atoms with van der Waals surface area (Å²) in [7, 11) is 0. The molecule has 2 aromatic rings. The van der Waals surface area contributed by atoms with Gasteiger partial charge in [-0.15, -0.1) is 5.10 Å². The average Bonchev–Trinajstić information content (AvgIpc) is 2.75. The zero-order chi connectivity index (χ0) is 13.1. The Hall–Kier alpha value is -1.20. The number of rotatable bonds is 4. The highest BCUT2D eigenvalue weighted by Gasteiger charge is 2.15. The standard InChI is InChI=1S/C13H17BrN4/c1-3-4-18-12(8-16-17-18)13(15)10-5-9(2)6-11(14)7-10/h5-8,13H,3-4,15H2,1-2H3. The van der Waals surface area contributed by atoms with Crippen molar-refractivity contribution in [2.75, 3.05) is 0 Å². The Kier molecular flexibility index (Phi) is 4.14. The van der Waals surface area contributed by atoms with Crippen LogP contribution >= 0.6 is 15.9 Å². The van der Waals surface area contributed by atoms with Crippen LogP contribution in [0.25, 0.3) is 0 Å². The lowest BCUT2D eigenvalue weighted by molar-refractivity contribution is 0.543. The molecule has 2 rings (SSSR count). The smallest absolute Gasteiger partial charge is 0.0799 e. The van der Waals surface area contributed by atoms with Crippen molar-refractivity contribution < 1.29 is 0 Å². The Morgan fingerprint density at radius 2 is 2.17 bits per heavy atom. The van der Waals surface area contributed by atoms with Crippen molar-refractivity contribution in [3.63, 3.8) is 0 Å². The Morgan fingerprint density at radius 3 is 2.83 bits per heavy atom. The molecule has 1 unspecified atom stereocenters. The van der Waals surface area contributed by atoms with Gasteiger partial charge >= 0.3 is 0 Å². The Labute approximate surface area is 115 Å². The van der Waals surface area contributed by atoms with E-state index in [-0.39, 0.29) is 6.04 Å². The van der Waals surface area contributed by atoms with Gasteiger partial charge in [0.05, 0.1) is 17.9 Å². The lowest BCUT2D eigenvalue weighted by Gasteiger charge is -2.14. The third kappa shape index (κ3) is 2.79. The molecule has 0 aliphatic heterocycles. The summed E-state index contributed by atoms with van der Waals surface area (Å²) in [4.78, 5) is 0. The van der Waals surface area contributed by atoms with E-state index in [1.54, 1.807) is 6.20 Å². The molecule has 0 saturated carbocycles. The molecule has 0 bridgehead atoms. The fourth-order valence-electron chi connectivity index (χ4n) is 2.01. The van der Waals surface area contributed by atoms with Crippen LogP contribution in [0, 0.1) is 6.92 Å². The Bertz CT molecular complexity index is 515. The second-order valence-electron chi connectivity index (χ2n) is 4.42. The zero-order valence-electron chi connectivity index (χ0n) is 10.6. The van der Waals surface area contributed by atoms with Crippen LogP contribution in [0.4, 0.5) is 0 Å². The second-order valence-corrected chi connectivity index (χ2v) is 5.34. The summed E-state index contributed by atoms with van der Waals surface area (Å²) < 4.78 is 2.92. The molecule has 1 heterocycles. The predicted molar refractivity (Wildman–Crippen MR) is 75.2 cm³/mol. The van der Waals surface area contributed by atoms with E-state index >= 15 is 0 Å². The number of nitrogens with zero attached hydrogens (tertiary/aromatic N) is 3. The molecule has 2 N–H and O–H groups in total. The fraction of sp³-hybridized carbons (Fsp3) is 0.385. The summed E-state index contributed by atoms with van der Waals surface area (Å²) in [5.41, 5.74) is 9.52. The SMILES string of the molecule is CCCn1nncc1C(N)c1cc(C)cc(Br)c1. The van der Waals surface area contributed by atoms with Crippen LogP contribution in [0.15, 0.2) is 28.9 Å². The maximum atomic E-state index is 6.31. The summed E-state index contributed by atoms with van der Waals surface area (Å²) in [6.07, 6.45) is 2.76. The highest BCUT2D eigenvalue weighted by molar-refractivity contribution is 9.10. The number of aryl methyl sites for hydroxylation is 2. The minimum atomic E-state index is -0.192. The summed E-state index contributed by atoms with van der Waals surface area (Å²) in [5.74, 6) is 0. The van der Waals surface area contributed by atoms with Gasteiger partial charge in [0.1, 0.15) is 0 Å². The van der Waals surface area contributed by atoms with E-state index in [4.69, 9.17) is 5.73 Å². The third-order valence-electron chi connectivity index (χ3n) is 2.83. The minimum absolute atomic E-state index is 0.192. The first-order valence-corrected chi connectivity index (χ1v) is 6.82. The third-order valence-corrected chi connectivity index (χ3v) is 3.28. The molecule has 5 heteroatoms. The largest absolute Gasteiger partial charge is 0.319 e. The van der Waals surface area contributed by atoms with E-state index in [1.807, 2.05) is 10.7 Å². The molecule has 0 amide bonds. The summed E-state index contributed by atoms with van der Waals surface area (Å²) in [5, 5.41) is 8.03. The maximum absolute atomic E-state index is 6.31. The number of benzene rings is 1. The summed E-state index contributed by atoms with van der Waals surface area (Å²) >= 11 is 3.50. The van der Waals surface area contributed by atoms with Gasteiger partial charge in [0.15, 0.2) is 0 Å². The lowest BCUT2D eigenvalue weighted by atomic mass is 10.0. The van der Waals surface area contributed by atoms with E-state index in [0.29, 0.717) is 0 Å². The van der Waals surface area contributed by atoms with Crippen LogP contribution in [0.5, 0.6) is 0 Å². The van der Waals surface area contributed by atoms with E-state index in [9.17, 15) is 0 Å². The van der Waals surface area contributed by atoms with Gasteiger partial charge in [-0.3, -0.25) is 0 Å². The molecule has 0 saturated heterocycles. The second kappa shape index (κ2) is 5.63. The molecule has 0 radical (unpaired) electrons. The normalized spacial score (nSPS) is 12.7. The molecule has 0 fully saturated rings. The molecule has 18 heavy (non-hydrogen) atoms. The summed E-state index contributed by atoms with van der Waals surface area (Å²) in [6.45, 7) is 5.01. The van der Waals surface area contributed by atoms with Crippen molar-refractivity contribution in [2.24, 2.45) is 5.73 Å². The number of aromatic nitrogens is 3. The highest BCUT2D eigenvalue weighted by Crippen LogP contribution is 2.23. The molecule has 4 nitrogen and oxygen atoms in total. The van der Waals surface area contributed by atoms with E-state index in [0.717, 1.165) is 28.7 Å². The topological polar surface area (TPSA) is 56.7 Å². The van der Waals surface area contributed by atoms with E-state index < -0.39 is 0 Å². The highest BCUT2D eigenvalue weighted by atomic mass is 79.9. The van der Waals surface area contributed by atoms with Gasteiger partial charge in [0, 0.05) is 11.0 Å². The Morgan fingerprint density at radius 1 is 1.39 bits per heavy atom. The van der Waals surface area contributed by atoms with Crippen LogP contribution in [-0.2, 0) is 6.54 Å². The first kappa shape index (κ1) is 13.2. The molecule has 0 spiro atoms. The average molecular weight is 309 g/mol. The molecular weight excluding hydrogens is 292 g/mol. The van der Waals surface area contributed by atoms with Gasteiger partial charge in [0.2, 0.25) is 0 Å². The van der Waals surface area contributed by atoms with Gasteiger partial charge < -0.3 is 5.73 Å². The molecule has 0 aliphatic carbocycles. The van der Waals surface area contributed by atoms with Crippen LogP contribution in [-0.4, -0.2) is 15.0 Å². The van der Waals surface area contributed by atoms with Crippen molar-refractivity contribution in [3.05, 3.63) is 45.7 Å². The fourth-order valence-corrected chi connectivity index (χ4v) is 2.63. The lowest BCUT2D eigenvalue weighted by Crippen LogP contribution is -2.17. The molecule has 1 aromatic carbocycles. The number of hydrogen-bond acceptors (Lipinski definition) is 3. The van der Waals surface area contributed by atoms with Crippen LogP contribution in [0.1, 0.15) is 36.2 Å². The molecule has 1 aromatic heterocycles. The van der Waals surface area contributed by atoms with Gasteiger partial charge in [-0.25, -0.2) is 4.68 Å². The van der Waals surface area contributed by atoms with Crippen molar-refractivity contribution in [3.8, 4) is 0 Å².